The number of amides is 11. The molecule has 11 amide bonds. The van der Waals surface area contributed by atoms with Crippen molar-refractivity contribution in [1.82, 2.24) is 72.7 Å². The summed E-state index contributed by atoms with van der Waals surface area (Å²) in [6.45, 7) is 2.33. The molecule has 8 rings (SSSR count). The molecule has 0 aliphatic carbocycles. The van der Waals surface area contributed by atoms with Crippen molar-refractivity contribution >= 4 is 92.7 Å². The number of nitrogens with two attached hydrogens (primary N) is 3. The number of para-hydroxylation sites is 2. The molecule has 20 N–H and O–H groups in total. The first-order valence-electron chi connectivity index (χ1n) is 31.3. The second-order valence-corrected chi connectivity index (χ2v) is 24.0. The predicted molar refractivity (Wildman–Crippen MR) is 346 cm³/mol. The number of imidazole rings is 1. The zero-order chi connectivity index (χ0) is 68.3. The molecule has 2 fully saturated rings. The van der Waals surface area contributed by atoms with Gasteiger partial charge < -0.3 is 95.1 Å². The number of aromatic nitrogens is 4. The third-order valence-corrected chi connectivity index (χ3v) is 16.4. The number of rotatable bonds is 33. The number of nitrogens with one attached hydrogen (secondary N) is 12. The van der Waals surface area contributed by atoms with E-state index < -0.39 is 127 Å². The number of hydrogen-bond acceptors (Lipinski definition) is 15. The molecule has 31 nitrogen and oxygen atoms in total. The molecule has 2 aliphatic rings. The van der Waals surface area contributed by atoms with Gasteiger partial charge in [-0.1, -0.05) is 62.4 Å². The van der Waals surface area contributed by atoms with Crippen LogP contribution in [0.15, 0.2) is 103 Å². The molecule has 31 heteroatoms. The lowest BCUT2D eigenvalue weighted by molar-refractivity contribution is -0.142. The molecule has 2 aliphatic heterocycles. The van der Waals surface area contributed by atoms with Gasteiger partial charge >= 0.3 is 0 Å². The highest BCUT2D eigenvalue weighted by molar-refractivity contribution is 6.00. The Hall–Kier alpha value is -10.8. The van der Waals surface area contributed by atoms with Gasteiger partial charge in [0, 0.05) is 91.3 Å². The van der Waals surface area contributed by atoms with E-state index in [1.807, 2.05) is 0 Å². The molecule has 9 atom stereocenters. The molecular formula is C64H82N18O13. The summed E-state index contributed by atoms with van der Waals surface area (Å²) in [5.41, 5.74) is 19.8. The largest absolute Gasteiger partial charge is 0.508 e. The quantitative estimate of drug-likeness (QED) is 0.0117. The van der Waals surface area contributed by atoms with E-state index in [4.69, 9.17) is 17.2 Å². The number of nitrogens with zero attached hydrogens (tertiary/aromatic N) is 3. The highest BCUT2D eigenvalue weighted by Gasteiger charge is 2.40. The van der Waals surface area contributed by atoms with E-state index in [-0.39, 0.29) is 101 Å². The van der Waals surface area contributed by atoms with Crippen molar-refractivity contribution in [2.75, 3.05) is 26.2 Å². The summed E-state index contributed by atoms with van der Waals surface area (Å²) in [7, 11) is 0. The number of carbonyl (C=O) groups is 11. The Morgan fingerprint density at radius 1 is 0.642 bits per heavy atom. The van der Waals surface area contributed by atoms with Crippen LogP contribution in [0.3, 0.4) is 0 Å². The van der Waals surface area contributed by atoms with Gasteiger partial charge in [0.25, 0.3) is 0 Å². The summed E-state index contributed by atoms with van der Waals surface area (Å²) in [4.78, 5) is 172. The minimum absolute atomic E-state index is 0.00905. The van der Waals surface area contributed by atoms with Crippen molar-refractivity contribution < 1.29 is 63.0 Å². The minimum Gasteiger partial charge on any atom is -0.508 e. The van der Waals surface area contributed by atoms with Crippen LogP contribution < -0.4 is 65.1 Å². The molecule has 2 saturated heterocycles. The second kappa shape index (κ2) is 33.1. The van der Waals surface area contributed by atoms with Gasteiger partial charge in [-0.2, -0.15) is 0 Å². The van der Waals surface area contributed by atoms with Crippen molar-refractivity contribution in [3.05, 3.63) is 120 Å². The van der Waals surface area contributed by atoms with E-state index in [0.29, 0.717) is 50.6 Å². The van der Waals surface area contributed by atoms with Crippen molar-refractivity contribution in [3.63, 3.8) is 0 Å². The number of carbonyl (C=O) groups excluding carboxylic acids is 11. The fourth-order valence-electron chi connectivity index (χ4n) is 11.5. The second-order valence-electron chi connectivity index (χ2n) is 24.0. The molecule has 0 unspecified atom stereocenters. The first-order valence-corrected chi connectivity index (χ1v) is 31.3. The Morgan fingerprint density at radius 2 is 1.18 bits per heavy atom. The van der Waals surface area contributed by atoms with E-state index in [2.05, 4.69) is 72.8 Å². The van der Waals surface area contributed by atoms with E-state index in [9.17, 15) is 53.4 Å². The smallest absolute Gasteiger partial charge is 0.245 e. The molecule has 5 heterocycles. The minimum atomic E-state index is -1.80. The van der Waals surface area contributed by atoms with Crippen LogP contribution in [0.25, 0.3) is 21.8 Å². The number of aliphatic hydroxyl groups is 1. The summed E-state index contributed by atoms with van der Waals surface area (Å²) < 4.78 is 0. The van der Waals surface area contributed by atoms with Crippen LogP contribution in [0.2, 0.25) is 0 Å². The lowest BCUT2D eigenvalue weighted by atomic mass is 9.99. The van der Waals surface area contributed by atoms with Crippen molar-refractivity contribution in [3.8, 4) is 5.75 Å². The van der Waals surface area contributed by atoms with Crippen molar-refractivity contribution in [1.29, 1.82) is 0 Å². The molecular weight excluding hydrogens is 1230 g/mol. The molecule has 3 aromatic heterocycles. The number of aliphatic imine (C=N–C) groups is 1. The Bertz CT molecular complexity index is 3750. The number of likely N-dealkylation sites (tertiary alicyclic amines) is 1. The number of H-pyrrole nitrogens is 3. The first kappa shape index (κ1) is 70.0. The van der Waals surface area contributed by atoms with Gasteiger partial charge in [-0.3, -0.25) is 57.7 Å². The fourth-order valence-corrected chi connectivity index (χ4v) is 11.5. The van der Waals surface area contributed by atoms with Crippen LogP contribution >= 0.6 is 0 Å². The summed E-state index contributed by atoms with van der Waals surface area (Å²) in [6, 6.07) is 7.78. The Morgan fingerprint density at radius 3 is 1.72 bits per heavy atom. The number of phenolic OH excluding ortho intramolecular Hbond substituents is 1. The normalized spacial score (nSPS) is 16.6. The van der Waals surface area contributed by atoms with Crippen LogP contribution in [0, 0.1) is 5.92 Å². The monoisotopic (exact) mass is 1310 g/mol. The number of benzene rings is 3. The molecule has 3 aromatic carbocycles. The van der Waals surface area contributed by atoms with Crippen LogP contribution in [0.4, 0.5) is 0 Å². The number of hydrogen-bond donors (Lipinski definition) is 17. The van der Waals surface area contributed by atoms with Crippen LogP contribution in [0.5, 0.6) is 5.75 Å². The Balaban J connectivity index is 1.05. The number of fused-ring (bicyclic) bond motifs is 2. The van der Waals surface area contributed by atoms with E-state index in [1.54, 1.807) is 74.8 Å². The molecule has 0 saturated carbocycles. The van der Waals surface area contributed by atoms with Crippen LogP contribution in [-0.4, -0.2) is 187 Å². The fraction of sp³-hybridized carbons (Fsp3) is 0.422. The summed E-state index contributed by atoms with van der Waals surface area (Å²) in [6.07, 6.45) is 6.51. The molecule has 0 radical (unpaired) electrons. The van der Waals surface area contributed by atoms with Crippen molar-refractivity contribution in [2.24, 2.45) is 28.1 Å². The third kappa shape index (κ3) is 19.6. The van der Waals surface area contributed by atoms with Gasteiger partial charge in [0.1, 0.15) is 60.1 Å². The van der Waals surface area contributed by atoms with Gasteiger partial charge in [0.15, 0.2) is 5.96 Å². The molecule has 506 valence electrons. The average Bonchev–Trinajstić information content (AvgIpc) is 1.81. The molecule has 0 spiro atoms. The van der Waals surface area contributed by atoms with Gasteiger partial charge in [-0.25, -0.2) is 4.98 Å². The summed E-state index contributed by atoms with van der Waals surface area (Å²) in [5.74, 6) is -9.04. The maximum Gasteiger partial charge on any atom is 0.245 e. The van der Waals surface area contributed by atoms with E-state index in [0.717, 1.165) is 0 Å². The average molecular weight is 1310 g/mol. The van der Waals surface area contributed by atoms with Gasteiger partial charge in [-0.15, -0.1) is 0 Å². The lowest BCUT2D eigenvalue weighted by Gasteiger charge is -2.30. The first-order chi connectivity index (χ1) is 45.5. The standard InChI is InChI=1S/C64H82N18O13/c1-34(2)23-46(56(88)75-45(13-7-21-69-64(66)67)63(95)82-22-8-14-52(82)62(94)72-31-53(65)85)76-58(90)48(25-36-28-70-42-11-5-3-9-40(36)42)78-57(89)47(24-35-15-17-39(84)18-16-35)77-61(93)51(32-83)81-59(91)49(26-37-29-71-43-12-6-4-10-41(37)43)79-60(92)50(27-38-30-68-33-73-38)80-55(87)44-19-20-54(86)74-44/h3-6,9-12,15-18,28-30,33-34,44-52,70-71,83-84H,7-8,13-14,19-27,31-32H2,1-2H3,(H2,65,85)(H,68,73)(H,72,94)(H,74,86)(H,75,88)(H,76,90)(H,77,93)(H,78,89)(H,79,92)(H,80,87)(H,81,91)(H4,66,67,69)/t44-,45+,46+,47+,48-,49+,50+,51-,52+/m1/s1. The third-order valence-electron chi connectivity index (χ3n) is 16.4. The molecule has 95 heavy (non-hydrogen) atoms. The molecule has 6 aromatic rings. The Kier molecular flexibility index (Phi) is 24.4. The zero-order valence-electron chi connectivity index (χ0n) is 52.6. The maximum atomic E-state index is 15.1. The van der Waals surface area contributed by atoms with Crippen molar-refractivity contribution in [2.45, 2.75) is 139 Å². The van der Waals surface area contributed by atoms with Crippen LogP contribution in [0.1, 0.15) is 81.2 Å². The lowest BCUT2D eigenvalue weighted by Crippen LogP contribution is -2.61. The number of phenols is 1. The highest BCUT2D eigenvalue weighted by atomic mass is 16.3. The Labute approximate surface area is 545 Å². The molecule has 0 bridgehead atoms. The highest BCUT2D eigenvalue weighted by Crippen LogP contribution is 2.24. The topological polar surface area (TPSA) is 490 Å². The zero-order valence-corrected chi connectivity index (χ0v) is 52.6. The maximum absolute atomic E-state index is 15.1. The van der Waals surface area contributed by atoms with Crippen LogP contribution in [-0.2, 0) is 78.4 Å². The SMILES string of the molecule is CC(C)C[C@H](NC(=O)[C@@H](Cc1c[nH]c2ccccc12)NC(=O)[C@H](Cc1ccc(O)cc1)NC(=O)[C@@H](CO)NC(=O)[C@H](Cc1c[nH]c2ccccc12)NC(=O)[C@H](Cc1cnc[nH]1)NC(=O)[C@H]1CCC(=O)N1)C(=O)N[C@@H](CCCN=C(N)N)C(=O)N1CCC[C@H]1C(=O)NCC(N)=O. The summed E-state index contributed by atoms with van der Waals surface area (Å²) in [5, 5.41) is 46.5. The number of guanidine groups is 1. The van der Waals surface area contributed by atoms with Gasteiger partial charge in [-0.05, 0) is 85.4 Å². The number of aliphatic hydroxyl groups excluding tert-OH is 1. The number of aromatic amines is 3. The number of primary amides is 1. The number of aromatic hydroxyl groups is 1. The summed E-state index contributed by atoms with van der Waals surface area (Å²) >= 11 is 0. The van der Waals surface area contributed by atoms with Gasteiger partial charge in [0.05, 0.1) is 19.5 Å². The van der Waals surface area contributed by atoms with E-state index in [1.165, 1.54) is 41.7 Å². The predicted octanol–water partition coefficient (Wildman–Crippen LogP) is -2.29. The van der Waals surface area contributed by atoms with E-state index >= 15 is 9.59 Å². The van der Waals surface area contributed by atoms with Gasteiger partial charge in [0.2, 0.25) is 65.0 Å².